The van der Waals surface area contributed by atoms with Crippen molar-refractivity contribution in [3.63, 3.8) is 0 Å². The van der Waals surface area contributed by atoms with Crippen LogP contribution in [0, 0.1) is 0 Å². The predicted molar refractivity (Wildman–Crippen MR) is 73.9 cm³/mol. The van der Waals surface area contributed by atoms with Gasteiger partial charge in [-0.25, -0.2) is 0 Å². The third kappa shape index (κ3) is 6.47. The van der Waals surface area contributed by atoms with Gasteiger partial charge >= 0.3 is 0 Å². The first-order valence-electron chi connectivity index (χ1n) is 7.02. The van der Waals surface area contributed by atoms with Crippen molar-refractivity contribution in [1.29, 1.82) is 0 Å². The van der Waals surface area contributed by atoms with Crippen LogP contribution in [0.3, 0.4) is 0 Å². The maximum Gasteiger partial charge on any atom is 0.160 e. The second-order valence-corrected chi connectivity index (χ2v) is 5.37. The van der Waals surface area contributed by atoms with Crippen molar-refractivity contribution in [1.82, 2.24) is 0 Å². The van der Waals surface area contributed by atoms with Crippen LogP contribution in [0.2, 0.25) is 0 Å². The standard InChI is InChI=1S/C14H26OS/c1-2-3-4-5-9-12-14(16)15-13-10-7-6-8-11-13/h13H,2-12H2,1H3. The molecule has 1 fully saturated rings. The zero-order valence-corrected chi connectivity index (χ0v) is 11.5. The summed E-state index contributed by atoms with van der Waals surface area (Å²) in [6.07, 6.45) is 14.4. The molecule has 2 heteroatoms. The molecule has 0 aliphatic heterocycles. The van der Waals surface area contributed by atoms with Crippen molar-refractivity contribution in [3.8, 4) is 0 Å². The first-order chi connectivity index (χ1) is 7.83. The molecule has 1 saturated carbocycles. The molecule has 0 saturated heterocycles. The summed E-state index contributed by atoms with van der Waals surface area (Å²) in [4.78, 5) is 0. The number of rotatable bonds is 7. The SMILES string of the molecule is CCCCCCCC(=S)OC1CCCCC1. The van der Waals surface area contributed by atoms with Gasteiger partial charge in [-0.05, 0) is 44.3 Å². The van der Waals surface area contributed by atoms with Crippen LogP contribution in [0.25, 0.3) is 0 Å². The Bertz CT molecular complexity index is 185. The smallest absolute Gasteiger partial charge is 0.160 e. The summed E-state index contributed by atoms with van der Waals surface area (Å²) in [6.45, 7) is 2.25. The molecule has 0 bridgehead atoms. The van der Waals surface area contributed by atoms with Crippen LogP contribution in [-0.2, 0) is 4.74 Å². The van der Waals surface area contributed by atoms with E-state index in [2.05, 4.69) is 6.92 Å². The van der Waals surface area contributed by atoms with Gasteiger partial charge in [0.1, 0.15) is 0 Å². The minimum atomic E-state index is 0.442. The fourth-order valence-corrected chi connectivity index (χ4v) is 2.58. The van der Waals surface area contributed by atoms with E-state index in [1.54, 1.807) is 0 Å². The second kappa shape index (κ2) is 8.98. The third-order valence-electron chi connectivity index (χ3n) is 3.33. The first kappa shape index (κ1) is 14.0. The van der Waals surface area contributed by atoms with E-state index in [4.69, 9.17) is 17.0 Å². The molecule has 0 radical (unpaired) electrons. The molecule has 0 unspecified atom stereocenters. The van der Waals surface area contributed by atoms with Gasteiger partial charge in [0.05, 0.1) is 6.10 Å². The van der Waals surface area contributed by atoms with Crippen LogP contribution in [-0.4, -0.2) is 11.2 Å². The quantitative estimate of drug-likeness (QED) is 0.458. The van der Waals surface area contributed by atoms with Crippen LogP contribution in [0.15, 0.2) is 0 Å². The molecular weight excluding hydrogens is 216 g/mol. The van der Waals surface area contributed by atoms with E-state index in [-0.39, 0.29) is 0 Å². The summed E-state index contributed by atoms with van der Waals surface area (Å²) in [7, 11) is 0. The van der Waals surface area contributed by atoms with Crippen LogP contribution in [0.5, 0.6) is 0 Å². The van der Waals surface area contributed by atoms with Crippen molar-refractivity contribution in [2.75, 3.05) is 0 Å². The summed E-state index contributed by atoms with van der Waals surface area (Å²) in [5.41, 5.74) is 0. The lowest BCUT2D eigenvalue weighted by Crippen LogP contribution is -2.19. The largest absolute Gasteiger partial charge is 0.484 e. The molecule has 0 spiro atoms. The van der Waals surface area contributed by atoms with Crippen LogP contribution in [0.1, 0.15) is 77.6 Å². The minimum Gasteiger partial charge on any atom is -0.484 e. The Labute approximate surface area is 106 Å². The molecule has 0 aromatic heterocycles. The number of hydrogen-bond acceptors (Lipinski definition) is 2. The zero-order chi connectivity index (χ0) is 11.6. The Morgan fingerprint density at radius 3 is 2.44 bits per heavy atom. The summed E-state index contributed by atoms with van der Waals surface area (Å²) in [5.74, 6) is 0. The Hall–Kier alpha value is -0.110. The summed E-state index contributed by atoms with van der Waals surface area (Å²) in [6, 6.07) is 0. The lowest BCUT2D eigenvalue weighted by molar-refractivity contribution is 0.143. The van der Waals surface area contributed by atoms with Gasteiger partial charge < -0.3 is 4.74 Å². The highest BCUT2D eigenvalue weighted by molar-refractivity contribution is 7.80. The van der Waals surface area contributed by atoms with Crippen LogP contribution in [0.4, 0.5) is 0 Å². The van der Waals surface area contributed by atoms with E-state index in [9.17, 15) is 0 Å². The highest BCUT2D eigenvalue weighted by Gasteiger charge is 2.15. The van der Waals surface area contributed by atoms with Gasteiger partial charge in [0.15, 0.2) is 5.05 Å². The van der Waals surface area contributed by atoms with E-state index in [1.807, 2.05) is 0 Å². The molecule has 1 aliphatic carbocycles. The van der Waals surface area contributed by atoms with Crippen LogP contribution >= 0.6 is 12.2 Å². The van der Waals surface area contributed by atoms with E-state index in [0.29, 0.717) is 6.10 Å². The van der Waals surface area contributed by atoms with Crippen LogP contribution < -0.4 is 0 Å². The highest BCUT2D eigenvalue weighted by Crippen LogP contribution is 2.21. The van der Waals surface area contributed by atoms with Crippen molar-refractivity contribution in [2.45, 2.75) is 83.7 Å². The molecule has 1 rings (SSSR count). The van der Waals surface area contributed by atoms with E-state index in [0.717, 1.165) is 11.5 Å². The van der Waals surface area contributed by atoms with E-state index < -0.39 is 0 Å². The Morgan fingerprint density at radius 1 is 1.06 bits per heavy atom. The monoisotopic (exact) mass is 242 g/mol. The molecule has 0 heterocycles. The fraction of sp³-hybridized carbons (Fsp3) is 0.929. The van der Waals surface area contributed by atoms with Gasteiger partial charge in [-0.1, -0.05) is 39.0 Å². The lowest BCUT2D eigenvalue weighted by atomic mass is 9.98. The van der Waals surface area contributed by atoms with Gasteiger partial charge in [0, 0.05) is 6.42 Å². The topological polar surface area (TPSA) is 9.23 Å². The van der Waals surface area contributed by atoms with Gasteiger partial charge in [-0.3, -0.25) is 0 Å². The van der Waals surface area contributed by atoms with Crippen molar-refractivity contribution in [3.05, 3.63) is 0 Å². The average Bonchev–Trinajstić information content (AvgIpc) is 2.30. The number of hydrogen-bond donors (Lipinski definition) is 0. The van der Waals surface area contributed by atoms with E-state index >= 15 is 0 Å². The Morgan fingerprint density at radius 2 is 1.75 bits per heavy atom. The number of ether oxygens (including phenoxy) is 1. The summed E-state index contributed by atoms with van der Waals surface area (Å²) >= 11 is 5.29. The fourth-order valence-electron chi connectivity index (χ4n) is 2.30. The number of unbranched alkanes of at least 4 members (excludes halogenated alkanes) is 4. The molecule has 0 aromatic rings. The van der Waals surface area contributed by atoms with Gasteiger partial charge in [0.2, 0.25) is 0 Å². The van der Waals surface area contributed by atoms with Crippen molar-refractivity contribution < 1.29 is 4.74 Å². The number of thiocarbonyl (C=S) groups is 1. The molecule has 0 aromatic carbocycles. The highest BCUT2D eigenvalue weighted by atomic mass is 32.1. The zero-order valence-electron chi connectivity index (χ0n) is 10.7. The first-order valence-corrected chi connectivity index (χ1v) is 7.43. The lowest BCUT2D eigenvalue weighted by Gasteiger charge is -2.23. The molecule has 0 atom stereocenters. The summed E-state index contributed by atoms with van der Waals surface area (Å²) in [5, 5.41) is 0.864. The Balaban J connectivity index is 1.97. The van der Waals surface area contributed by atoms with Gasteiger partial charge in [-0.2, -0.15) is 0 Å². The molecule has 0 N–H and O–H groups in total. The molecule has 1 aliphatic rings. The average molecular weight is 242 g/mol. The normalized spacial score (nSPS) is 17.3. The van der Waals surface area contributed by atoms with Gasteiger partial charge in [-0.15, -0.1) is 0 Å². The van der Waals surface area contributed by atoms with Crippen molar-refractivity contribution >= 4 is 17.3 Å². The molecular formula is C14H26OS. The third-order valence-corrected chi connectivity index (χ3v) is 3.64. The van der Waals surface area contributed by atoms with E-state index in [1.165, 1.54) is 64.2 Å². The minimum absolute atomic E-state index is 0.442. The maximum absolute atomic E-state index is 5.83. The molecule has 16 heavy (non-hydrogen) atoms. The predicted octanol–water partition coefficient (Wildman–Crippen LogP) is 5.02. The summed E-state index contributed by atoms with van der Waals surface area (Å²) < 4.78 is 5.83. The maximum atomic E-state index is 5.83. The Kier molecular flexibility index (Phi) is 7.83. The molecule has 1 nitrogen and oxygen atoms in total. The van der Waals surface area contributed by atoms with Crippen molar-refractivity contribution in [2.24, 2.45) is 0 Å². The molecule has 94 valence electrons. The van der Waals surface area contributed by atoms with Gasteiger partial charge in [0.25, 0.3) is 0 Å². The second-order valence-electron chi connectivity index (χ2n) is 4.91. The molecule has 0 amide bonds.